The molecule has 152 valence electrons. The summed E-state index contributed by atoms with van der Waals surface area (Å²) in [6.07, 6.45) is 0.486. The molecule has 0 saturated heterocycles. The third kappa shape index (κ3) is 4.40. The highest BCUT2D eigenvalue weighted by Crippen LogP contribution is 2.40. The van der Waals surface area contributed by atoms with Crippen molar-refractivity contribution >= 4 is 28.8 Å². The van der Waals surface area contributed by atoms with Crippen molar-refractivity contribution in [2.45, 2.75) is 45.3 Å². The average molecular weight is 419 g/mol. The van der Waals surface area contributed by atoms with Crippen molar-refractivity contribution in [2.75, 3.05) is 12.4 Å². The van der Waals surface area contributed by atoms with Crippen LogP contribution >= 0.6 is 0 Å². The Balaban J connectivity index is 1.90. The van der Waals surface area contributed by atoms with Gasteiger partial charge in [-0.2, -0.15) is 8.42 Å². The first-order valence-electron chi connectivity index (χ1n) is 9.85. The molecule has 1 saturated carbocycles. The Labute approximate surface area is 170 Å². The Morgan fingerprint density at radius 3 is 1.89 bits per heavy atom. The van der Waals surface area contributed by atoms with E-state index < -0.39 is 18.4 Å². The first kappa shape index (κ1) is 21.2. The van der Waals surface area contributed by atoms with Crippen LogP contribution < -0.4 is 10.4 Å². The lowest BCUT2D eigenvalue weighted by Crippen LogP contribution is -2.66. The molecule has 1 aliphatic rings. The maximum atomic E-state index is 11.7. The summed E-state index contributed by atoms with van der Waals surface area (Å²) in [6, 6.07) is 20.9. The van der Waals surface area contributed by atoms with Gasteiger partial charge in [-0.1, -0.05) is 81.4 Å². The van der Waals surface area contributed by atoms with Crippen LogP contribution in [0.2, 0.25) is 5.04 Å². The highest BCUT2D eigenvalue weighted by molar-refractivity contribution is 7.86. The third-order valence-corrected chi connectivity index (χ3v) is 11.7. The van der Waals surface area contributed by atoms with E-state index in [9.17, 15) is 8.42 Å². The molecule has 0 aromatic heterocycles. The van der Waals surface area contributed by atoms with E-state index in [2.05, 4.69) is 69.3 Å². The van der Waals surface area contributed by atoms with E-state index >= 15 is 0 Å². The lowest BCUT2D eigenvalue weighted by atomic mass is 10.2. The molecule has 3 rings (SSSR count). The fourth-order valence-corrected chi connectivity index (χ4v) is 9.13. The zero-order valence-corrected chi connectivity index (χ0v) is 18.9. The van der Waals surface area contributed by atoms with Gasteiger partial charge in [0.1, 0.15) is 0 Å². The fourth-order valence-electron chi connectivity index (χ4n) is 3.76. The molecule has 2 unspecified atom stereocenters. The van der Waals surface area contributed by atoms with Crippen LogP contribution in [0.5, 0.6) is 0 Å². The third-order valence-electron chi connectivity index (χ3n) is 5.41. The number of rotatable bonds is 8. The Morgan fingerprint density at radius 1 is 0.964 bits per heavy atom. The molecule has 6 heteroatoms. The number of hydrogen-bond donors (Lipinski definition) is 0. The molecule has 0 radical (unpaired) electrons. The highest BCUT2D eigenvalue weighted by Gasteiger charge is 2.52. The predicted octanol–water partition coefficient (Wildman–Crippen LogP) is 3.32. The molecule has 28 heavy (non-hydrogen) atoms. The molecule has 2 atom stereocenters. The van der Waals surface area contributed by atoms with Gasteiger partial charge < -0.3 is 4.43 Å². The van der Waals surface area contributed by atoms with Gasteiger partial charge in [-0.25, -0.2) is 0 Å². The van der Waals surface area contributed by atoms with Crippen molar-refractivity contribution in [3.8, 4) is 0 Å². The maximum absolute atomic E-state index is 11.7. The standard InChI is InChI=1S/C22H30O4SSi/c1-5-27(23,24)26-21-16-18(21)17-25-28(22(2,3)4,19-12-8-6-9-13-19)20-14-10-7-11-15-20/h6-15,18,21H,5,16-17H2,1-4H3. The Kier molecular flexibility index (Phi) is 6.15. The molecule has 0 heterocycles. The predicted molar refractivity (Wildman–Crippen MR) is 116 cm³/mol. The van der Waals surface area contributed by atoms with E-state index in [1.807, 2.05) is 12.1 Å². The van der Waals surface area contributed by atoms with Crippen LogP contribution in [0.1, 0.15) is 34.1 Å². The molecule has 0 spiro atoms. The zero-order valence-electron chi connectivity index (χ0n) is 17.1. The van der Waals surface area contributed by atoms with Gasteiger partial charge in [0.2, 0.25) is 0 Å². The molecular weight excluding hydrogens is 388 g/mol. The average Bonchev–Trinajstić information content (AvgIpc) is 3.40. The quantitative estimate of drug-likeness (QED) is 0.487. The Hall–Kier alpha value is -1.47. The minimum Gasteiger partial charge on any atom is -0.407 e. The highest BCUT2D eigenvalue weighted by atomic mass is 32.2. The molecule has 2 aromatic rings. The van der Waals surface area contributed by atoms with Crippen LogP contribution in [0.25, 0.3) is 0 Å². The largest absolute Gasteiger partial charge is 0.407 e. The summed E-state index contributed by atoms with van der Waals surface area (Å²) in [5.41, 5.74) is 0. The topological polar surface area (TPSA) is 52.6 Å². The molecular formula is C22H30O4SSi. The van der Waals surface area contributed by atoms with E-state index in [1.165, 1.54) is 10.4 Å². The van der Waals surface area contributed by atoms with Gasteiger partial charge in [0.25, 0.3) is 18.4 Å². The molecule has 4 nitrogen and oxygen atoms in total. The number of benzene rings is 2. The minimum atomic E-state index is -3.42. The van der Waals surface area contributed by atoms with Crippen molar-refractivity contribution in [3.05, 3.63) is 60.7 Å². The van der Waals surface area contributed by atoms with Crippen molar-refractivity contribution in [2.24, 2.45) is 5.92 Å². The van der Waals surface area contributed by atoms with Gasteiger partial charge in [-0.05, 0) is 28.8 Å². The van der Waals surface area contributed by atoms with Crippen molar-refractivity contribution < 1.29 is 17.0 Å². The van der Waals surface area contributed by atoms with E-state index in [0.717, 1.165) is 6.42 Å². The van der Waals surface area contributed by atoms with Gasteiger partial charge in [-0.3, -0.25) is 4.18 Å². The summed E-state index contributed by atoms with van der Waals surface area (Å²) in [4.78, 5) is 0. The van der Waals surface area contributed by atoms with Crippen LogP contribution in [-0.4, -0.2) is 35.2 Å². The summed E-state index contributed by atoms with van der Waals surface area (Å²) >= 11 is 0. The monoisotopic (exact) mass is 418 g/mol. The first-order valence-corrected chi connectivity index (χ1v) is 13.3. The SMILES string of the molecule is CCS(=O)(=O)OC1CC1CO[Si](c1ccccc1)(c1ccccc1)C(C)(C)C. The lowest BCUT2D eigenvalue weighted by Gasteiger charge is -2.43. The van der Waals surface area contributed by atoms with Gasteiger partial charge in [0.05, 0.1) is 11.9 Å². The second-order valence-corrected chi connectivity index (χ2v) is 14.6. The van der Waals surface area contributed by atoms with Crippen molar-refractivity contribution in [1.29, 1.82) is 0 Å². The van der Waals surface area contributed by atoms with E-state index in [1.54, 1.807) is 6.92 Å². The molecule has 1 aliphatic carbocycles. The van der Waals surface area contributed by atoms with Crippen LogP contribution in [0.4, 0.5) is 0 Å². The zero-order chi connectivity index (χ0) is 20.4. The van der Waals surface area contributed by atoms with Gasteiger partial charge in [0, 0.05) is 12.5 Å². The van der Waals surface area contributed by atoms with E-state index in [-0.39, 0.29) is 22.8 Å². The normalized spacial score (nSPS) is 20.1. The second-order valence-electron chi connectivity index (χ2n) is 8.45. The molecule has 1 fully saturated rings. The smallest absolute Gasteiger partial charge is 0.267 e. The minimum absolute atomic E-state index is 0.00574. The molecule has 0 aliphatic heterocycles. The van der Waals surface area contributed by atoms with Crippen LogP contribution in [0, 0.1) is 5.92 Å². The maximum Gasteiger partial charge on any atom is 0.267 e. The number of hydrogen-bond acceptors (Lipinski definition) is 4. The molecule has 0 bridgehead atoms. The molecule has 0 amide bonds. The second kappa shape index (κ2) is 8.11. The molecule has 2 aromatic carbocycles. The van der Waals surface area contributed by atoms with Crippen LogP contribution in [0.15, 0.2) is 60.7 Å². The van der Waals surface area contributed by atoms with Gasteiger partial charge in [-0.15, -0.1) is 0 Å². The van der Waals surface area contributed by atoms with Crippen LogP contribution in [0.3, 0.4) is 0 Å². The van der Waals surface area contributed by atoms with Crippen molar-refractivity contribution in [3.63, 3.8) is 0 Å². The summed E-state index contributed by atoms with van der Waals surface area (Å²) in [7, 11) is -5.99. The summed E-state index contributed by atoms with van der Waals surface area (Å²) in [5, 5.41) is 2.37. The van der Waals surface area contributed by atoms with Crippen LogP contribution in [-0.2, 0) is 18.7 Å². The van der Waals surface area contributed by atoms with Gasteiger partial charge >= 0.3 is 0 Å². The first-order chi connectivity index (χ1) is 13.2. The Morgan fingerprint density at radius 2 is 1.46 bits per heavy atom. The summed E-state index contributed by atoms with van der Waals surface area (Å²) < 4.78 is 35.6. The van der Waals surface area contributed by atoms with Gasteiger partial charge in [0.15, 0.2) is 0 Å². The van der Waals surface area contributed by atoms with Crippen molar-refractivity contribution in [1.82, 2.24) is 0 Å². The fraction of sp³-hybridized carbons (Fsp3) is 0.455. The Bertz CT molecular complexity index is 836. The summed E-state index contributed by atoms with van der Waals surface area (Å²) in [6.45, 7) is 8.83. The van der Waals surface area contributed by atoms with E-state index in [0.29, 0.717) is 6.61 Å². The van der Waals surface area contributed by atoms with E-state index in [4.69, 9.17) is 8.61 Å². The summed E-state index contributed by atoms with van der Waals surface area (Å²) in [5.74, 6) is 0.133. The lowest BCUT2D eigenvalue weighted by molar-refractivity contribution is 0.233. The molecule has 0 N–H and O–H groups in total.